The second-order valence-corrected chi connectivity index (χ2v) is 5.28. The van der Waals surface area contributed by atoms with Gasteiger partial charge in [0.25, 0.3) is 0 Å². The van der Waals surface area contributed by atoms with Crippen molar-refractivity contribution < 1.29 is 0 Å². The van der Waals surface area contributed by atoms with E-state index in [-0.39, 0.29) is 0 Å². The number of hydrogen-bond acceptors (Lipinski definition) is 6. The number of rotatable bonds is 7. The van der Waals surface area contributed by atoms with E-state index in [1.54, 1.807) is 0 Å². The van der Waals surface area contributed by atoms with Crippen LogP contribution in [0.3, 0.4) is 0 Å². The predicted octanol–water partition coefficient (Wildman–Crippen LogP) is 2.24. The SMILES string of the molecule is CCN(CC)c1nc(NC)nc(N(C)C(C)C(C)C)n1. The number of nitrogens with zero attached hydrogens (tertiary/aromatic N) is 5. The molecule has 0 aliphatic heterocycles. The number of nitrogens with one attached hydrogen (secondary N) is 1. The second-order valence-electron chi connectivity index (χ2n) is 5.28. The molecule has 1 atom stereocenters. The van der Waals surface area contributed by atoms with Gasteiger partial charge in [-0.15, -0.1) is 0 Å². The molecular formula is C14H28N6. The first-order valence-electron chi connectivity index (χ1n) is 7.36. The fourth-order valence-electron chi connectivity index (χ4n) is 1.90. The van der Waals surface area contributed by atoms with Crippen molar-refractivity contribution in [3.63, 3.8) is 0 Å². The Balaban J connectivity index is 3.16. The van der Waals surface area contributed by atoms with Crippen LogP contribution in [-0.2, 0) is 0 Å². The van der Waals surface area contributed by atoms with Crippen LogP contribution in [0.1, 0.15) is 34.6 Å². The van der Waals surface area contributed by atoms with Crippen LogP contribution >= 0.6 is 0 Å². The van der Waals surface area contributed by atoms with Gasteiger partial charge in [-0.2, -0.15) is 15.0 Å². The van der Waals surface area contributed by atoms with E-state index in [4.69, 9.17) is 0 Å². The minimum atomic E-state index is 0.367. The molecular weight excluding hydrogens is 252 g/mol. The van der Waals surface area contributed by atoms with Crippen LogP contribution in [0.25, 0.3) is 0 Å². The Kier molecular flexibility index (Phi) is 5.98. The van der Waals surface area contributed by atoms with Crippen molar-refractivity contribution in [2.45, 2.75) is 40.7 Å². The van der Waals surface area contributed by atoms with Crippen LogP contribution in [-0.4, -0.2) is 48.2 Å². The van der Waals surface area contributed by atoms with Gasteiger partial charge in [0, 0.05) is 33.2 Å². The summed E-state index contributed by atoms with van der Waals surface area (Å²) in [7, 11) is 3.86. The lowest BCUT2D eigenvalue weighted by Gasteiger charge is -2.29. The van der Waals surface area contributed by atoms with E-state index in [0.29, 0.717) is 23.9 Å². The third-order valence-corrected chi connectivity index (χ3v) is 3.77. The molecule has 6 heteroatoms. The summed E-state index contributed by atoms with van der Waals surface area (Å²) < 4.78 is 0. The quantitative estimate of drug-likeness (QED) is 0.826. The molecule has 1 aromatic heterocycles. The molecule has 1 rings (SSSR count). The Morgan fingerprint density at radius 3 is 2.00 bits per heavy atom. The van der Waals surface area contributed by atoms with E-state index in [1.807, 2.05) is 14.1 Å². The van der Waals surface area contributed by atoms with Gasteiger partial charge in [-0.05, 0) is 26.7 Å². The number of anilines is 3. The highest BCUT2D eigenvalue weighted by Gasteiger charge is 2.19. The summed E-state index contributed by atoms with van der Waals surface area (Å²) in [5.74, 6) is 2.59. The predicted molar refractivity (Wildman–Crippen MR) is 85.6 cm³/mol. The standard InChI is InChI=1S/C14H28N6/c1-8-20(9-2)14-17-12(15-6)16-13(18-14)19(7)11(5)10(3)4/h10-11H,8-9H2,1-7H3,(H,15,16,17,18). The number of hydrogen-bond donors (Lipinski definition) is 1. The van der Waals surface area contributed by atoms with E-state index < -0.39 is 0 Å². The van der Waals surface area contributed by atoms with E-state index in [9.17, 15) is 0 Å². The molecule has 1 heterocycles. The van der Waals surface area contributed by atoms with Crippen molar-refractivity contribution in [3.05, 3.63) is 0 Å². The molecule has 0 aromatic carbocycles. The highest BCUT2D eigenvalue weighted by molar-refractivity contribution is 5.45. The molecule has 0 fully saturated rings. The Hall–Kier alpha value is -1.59. The van der Waals surface area contributed by atoms with Gasteiger partial charge in [-0.1, -0.05) is 13.8 Å². The molecule has 0 saturated carbocycles. The zero-order valence-corrected chi connectivity index (χ0v) is 13.8. The molecule has 0 amide bonds. The minimum Gasteiger partial charge on any atom is -0.357 e. The molecule has 0 bridgehead atoms. The summed E-state index contributed by atoms with van der Waals surface area (Å²) >= 11 is 0. The number of aromatic nitrogens is 3. The molecule has 0 saturated heterocycles. The van der Waals surface area contributed by atoms with Crippen molar-refractivity contribution in [2.24, 2.45) is 5.92 Å². The van der Waals surface area contributed by atoms with Crippen LogP contribution in [0, 0.1) is 5.92 Å². The van der Waals surface area contributed by atoms with Gasteiger partial charge >= 0.3 is 0 Å². The molecule has 0 aliphatic rings. The maximum Gasteiger partial charge on any atom is 0.231 e. The lowest BCUT2D eigenvalue weighted by Crippen LogP contribution is -2.35. The van der Waals surface area contributed by atoms with Crippen molar-refractivity contribution >= 4 is 17.8 Å². The van der Waals surface area contributed by atoms with Gasteiger partial charge in [0.15, 0.2) is 0 Å². The molecule has 1 aromatic rings. The third kappa shape index (κ3) is 3.71. The molecule has 1 N–H and O–H groups in total. The molecule has 20 heavy (non-hydrogen) atoms. The highest BCUT2D eigenvalue weighted by Crippen LogP contribution is 2.19. The maximum atomic E-state index is 4.62. The maximum absolute atomic E-state index is 4.62. The van der Waals surface area contributed by atoms with Gasteiger partial charge in [-0.3, -0.25) is 0 Å². The van der Waals surface area contributed by atoms with E-state index >= 15 is 0 Å². The smallest absolute Gasteiger partial charge is 0.231 e. The summed E-state index contributed by atoms with van der Waals surface area (Å²) in [5.41, 5.74) is 0. The largest absolute Gasteiger partial charge is 0.357 e. The molecule has 0 spiro atoms. The van der Waals surface area contributed by atoms with Gasteiger partial charge in [0.05, 0.1) is 0 Å². The Labute approximate surface area is 122 Å². The van der Waals surface area contributed by atoms with E-state index in [0.717, 1.165) is 19.0 Å². The summed E-state index contributed by atoms with van der Waals surface area (Å²) in [6.45, 7) is 12.6. The van der Waals surface area contributed by atoms with E-state index in [2.05, 4.69) is 64.7 Å². The Morgan fingerprint density at radius 2 is 1.55 bits per heavy atom. The topological polar surface area (TPSA) is 57.2 Å². The van der Waals surface area contributed by atoms with Crippen molar-refractivity contribution in [3.8, 4) is 0 Å². The Bertz CT molecular complexity index is 416. The van der Waals surface area contributed by atoms with Crippen molar-refractivity contribution in [1.29, 1.82) is 0 Å². The van der Waals surface area contributed by atoms with E-state index in [1.165, 1.54) is 0 Å². The summed E-state index contributed by atoms with van der Waals surface area (Å²) in [4.78, 5) is 17.8. The zero-order chi connectivity index (χ0) is 15.3. The van der Waals surface area contributed by atoms with Crippen LogP contribution in [0.2, 0.25) is 0 Å². The second kappa shape index (κ2) is 7.26. The van der Waals surface area contributed by atoms with Gasteiger partial charge in [0.2, 0.25) is 17.8 Å². The van der Waals surface area contributed by atoms with Crippen LogP contribution in [0.5, 0.6) is 0 Å². The van der Waals surface area contributed by atoms with Gasteiger partial charge in [-0.25, -0.2) is 0 Å². The first-order chi connectivity index (χ1) is 9.44. The average Bonchev–Trinajstić information content (AvgIpc) is 2.46. The first-order valence-corrected chi connectivity index (χ1v) is 7.36. The monoisotopic (exact) mass is 280 g/mol. The lowest BCUT2D eigenvalue weighted by atomic mass is 10.1. The molecule has 6 nitrogen and oxygen atoms in total. The molecule has 0 aliphatic carbocycles. The molecule has 1 unspecified atom stereocenters. The average molecular weight is 280 g/mol. The van der Waals surface area contributed by atoms with Crippen LogP contribution in [0.15, 0.2) is 0 Å². The van der Waals surface area contributed by atoms with Crippen LogP contribution < -0.4 is 15.1 Å². The van der Waals surface area contributed by atoms with Crippen molar-refractivity contribution in [2.75, 3.05) is 42.3 Å². The molecule has 0 radical (unpaired) electrons. The van der Waals surface area contributed by atoms with Crippen molar-refractivity contribution in [1.82, 2.24) is 15.0 Å². The molecule has 114 valence electrons. The zero-order valence-electron chi connectivity index (χ0n) is 13.8. The normalized spacial score (nSPS) is 12.4. The summed E-state index contributed by atoms with van der Waals surface area (Å²) in [5, 5.41) is 3.02. The highest BCUT2D eigenvalue weighted by atomic mass is 15.4. The third-order valence-electron chi connectivity index (χ3n) is 3.77. The summed E-state index contributed by atoms with van der Waals surface area (Å²) in [6, 6.07) is 0.367. The van der Waals surface area contributed by atoms with Crippen LogP contribution in [0.4, 0.5) is 17.8 Å². The first kappa shape index (κ1) is 16.5. The fraction of sp³-hybridized carbons (Fsp3) is 0.786. The lowest BCUT2D eigenvalue weighted by molar-refractivity contribution is 0.499. The minimum absolute atomic E-state index is 0.367. The Morgan fingerprint density at radius 1 is 1.00 bits per heavy atom. The van der Waals surface area contributed by atoms with Gasteiger partial charge in [0.1, 0.15) is 0 Å². The van der Waals surface area contributed by atoms with Gasteiger partial charge < -0.3 is 15.1 Å². The fourth-order valence-corrected chi connectivity index (χ4v) is 1.90. The summed E-state index contributed by atoms with van der Waals surface area (Å²) in [6.07, 6.45) is 0.